The molecule has 0 spiro atoms. The first kappa shape index (κ1) is 15.5. The van der Waals surface area contributed by atoms with Crippen molar-refractivity contribution in [2.24, 2.45) is 17.6 Å². The SMILES string of the molecule is CC(N)C1CCN(C(=O)C(c2ccc(F)cc2)C2CC2)CC1. The van der Waals surface area contributed by atoms with Crippen LogP contribution in [0.4, 0.5) is 4.39 Å². The monoisotopic (exact) mass is 304 g/mol. The van der Waals surface area contributed by atoms with Crippen molar-refractivity contribution >= 4 is 5.91 Å². The number of hydrogen-bond donors (Lipinski definition) is 1. The molecular weight excluding hydrogens is 279 g/mol. The second-order valence-corrected chi connectivity index (χ2v) is 6.89. The standard InChI is InChI=1S/C18H25FN2O/c1-12(20)13-8-10-21(11-9-13)18(22)17(14-2-3-14)15-4-6-16(19)7-5-15/h4-7,12-14,17H,2-3,8-11,20H2,1H3. The van der Waals surface area contributed by atoms with Crippen molar-refractivity contribution in [1.29, 1.82) is 0 Å². The Morgan fingerprint density at radius 2 is 1.73 bits per heavy atom. The molecule has 1 aliphatic carbocycles. The van der Waals surface area contributed by atoms with Crippen molar-refractivity contribution in [3.8, 4) is 0 Å². The summed E-state index contributed by atoms with van der Waals surface area (Å²) in [7, 11) is 0. The molecule has 2 fully saturated rings. The second kappa shape index (κ2) is 6.37. The van der Waals surface area contributed by atoms with Gasteiger partial charge in [-0.3, -0.25) is 4.79 Å². The molecule has 0 bridgehead atoms. The van der Waals surface area contributed by atoms with Crippen LogP contribution in [0.1, 0.15) is 44.1 Å². The van der Waals surface area contributed by atoms with Crippen molar-refractivity contribution < 1.29 is 9.18 Å². The minimum Gasteiger partial charge on any atom is -0.342 e. The van der Waals surface area contributed by atoms with Crippen molar-refractivity contribution in [2.75, 3.05) is 13.1 Å². The lowest BCUT2D eigenvalue weighted by Crippen LogP contribution is -2.44. The number of carbonyl (C=O) groups excluding carboxylic acids is 1. The largest absolute Gasteiger partial charge is 0.342 e. The van der Waals surface area contributed by atoms with Gasteiger partial charge >= 0.3 is 0 Å². The molecule has 1 aliphatic heterocycles. The fourth-order valence-corrected chi connectivity index (χ4v) is 3.56. The summed E-state index contributed by atoms with van der Waals surface area (Å²) in [5.41, 5.74) is 6.93. The number of hydrogen-bond acceptors (Lipinski definition) is 2. The highest BCUT2D eigenvalue weighted by molar-refractivity contribution is 5.84. The minimum atomic E-state index is -0.247. The normalized spacial score (nSPS) is 22.4. The molecule has 120 valence electrons. The van der Waals surface area contributed by atoms with Crippen molar-refractivity contribution in [3.63, 3.8) is 0 Å². The van der Waals surface area contributed by atoms with E-state index >= 15 is 0 Å². The van der Waals surface area contributed by atoms with Gasteiger partial charge in [0.25, 0.3) is 0 Å². The zero-order chi connectivity index (χ0) is 15.7. The zero-order valence-corrected chi connectivity index (χ0v) is 13.2. The van der Waals surface area contributed by atoms with Crippen LogP contribution in [0, 0.1) is 17.7 Å². The molecule has 3 rings (SSSR count). The van der Waals surface area contributed by atoms with E-state index in [9.17, 15) is 9.18 Å². The van der Waals surface area contributed by atoms with Gasteiger partial charge < -0.3 is 10.6 Å². The maximum Gasteiger partial charge on any atom is 0.230 e. The van der Waals surface area contributed by atoms with E-state index in [1.807, 2.05) is 11.8 Å². The summed E-state index contributed by atoms with van der Waals surface area (Å²) in [4.78, 5) is 14.9. The van der Waals surface area contributed by atoms with Gasteiger partial charge in [0.1, 0.15) is 5.82 Å². The Hall–Kier alpha value is -1.42. The summed E-state index contributed by atoms with van der Waals surface area (Å²) in [6, 6.07) is 6.66. The van der Waals surface area contributed by atoms with E-state index in [0.717, 1.165) is 44.3 Å². The van der Waals surface area contributed by atoms with Crippen LogP contribution in [0.3, 0.4) is 0 Å². The number of carbonyl (C=O) groups is 1. The highest BCUT2D eigenvalue weighted by Gasteiger charge is 2.40. The number of piperidine rings is 1. The number of rotatable bonds is 4. The third-order valence-electron chi connectivity index (χ3n) is 5.18. The molecule has 0 aromatic heterocycles. The topological polar surface area (TPSA) is 46.3 Å². The van der Waals surface area contributed by atoms with E-state index in [0.29, 0.717) is 11.8 Å². The predicted molar refractivity (Wildman–Crippen MR) is 84.8 cm³/mol. The molecular formula is C18H25FN2O. The van der Waals surface area contributed by atoms with Crippen LogP contribution in [0.2, 0.25) is 0 Å². The van der Waals surface area contributed by atoms with E-state index in [1.165, 1.54) is 12.1 Å². The first-order valence-corrected chi connectivity index (χ1v) is 8.36. The van der Waals surface area contributed by atoms with Gasteiger partial charge in [-0.2, -0.15) is 0 Å². The Morgan fingerprint density at radius 1 is 1.14 bits per heavy atom. The van der Waals surface area contributed by atoms with Gasteiger partial charge in [0.2, 0.25) is 5.91 Å². The van der Waals surface area contributed by atoms with Gasteiger partial charge in [0.15, 0.2) is 0 Å². The van der Waals surface area contributed by atoms with Crippen LogP contribution in [0.15, 0.2) is 24.3 Å². The van der Waals surface area contributed by atoms with E-state index in [2.05, 4.69) is 0 Å². The molecule has 1 amide bonds. The molecule has 22 heavy (non-hydrogen) atoms. The fourth-order valence-electron chi connectivity index (χ4n) is 3.56. The molecule has 3 nitrogen and oxygen atoms in total. The van der Waals surface area contributed by atoms with Gasteiger partial charge in [-0.1, -0.05) is 12.1 Å². The predicted octanol–water partition coefficient (Wildman–Crippen LogP) is 2.91. The van der Waals surface area contributed by atoms with Gasteiger partial charge in [-0.05, 0) is 62.1 Å². The third kappa shape index (κ3) is 3.32. The average Bonchev–Trinajstić information content (AvgIpc) is 3.34. The molecule has 4 heteroatoms. The van der Waals surface area contributed by atoms with E-state index < -0.39 is 0 Å². The summed E-state index contributed by atoms with van der Waals surface area (Å²) >= 11 is 0. The van der Waals surface area contributed by atoms with Gasteiger partial charge in [-0.15, -0.1) is 0 Å². The number of halogens is 1. The van der Waals surface area contributed by atoms with Crippen molar-refractivity contribution in [2.45, 2.75) is 44.6 Å². The molecule has 0 radical (unpaired) electrons. The number of nitrogens with two attached hydrogens (primary N) is 1. The Kier molecular flexibility index (Phi) is 4.48. The molecule has 1 aromatic carbocycles. The third-order valence-corrected chi connectivity index (χ3v) is 5.18. The van der Waals surface area contributed by atoms with Gasteiger partial charge in [-0.25, -0.2) is 4.39 Å². The fraction of sp³-hybridized carbons (Fsp3) is 0.611. The quantitative estimate of drug-likeness (QED) is 0.929. The number of likely N-dealkylation sites (tertiary alicyclic amines) is 1. The van der Waals surface area contributed by atoms with Crippen molar-refractivity contribution in [3.05, 3.63) is 35.6 Å². The highest BCUT2D eigenvalue weighted by atomic mass is 19.1. The lowest BCUT2D eigenvalue weighted by molar-refractivity contribution is -0.134. The number of benzene rings is 1. The minimum absolute atomic E-state index is 0.0903. The van der Waals surface area contributed by atoms with Crippen molar-refractivity contribution in [1.82, 2.24) is 4.90 Å². The van der Waals surface area contributed by atoms with Crippen LogP contribution in [-0.2, 0) is 4.79 Å². The Bertz CT molecular complexity index is 516. The lowest BCUT2D eigenvalue weighted by Gasteiger charge is -2.35. The van der Waals surface area contributed by atoms with Crippen LogP contribution in [-0.4, -0.2) is 29.9 Å². The van der Waals surface area contributed by atoms with Crippen LogP contribution >= 0.6 is 0 Å². The Balaban J connectivity index is 1.70. The summed E-state index contributed by atoms with van der Waals surface area (Å²) in [6.45, 7) is 3.65. The van der Waals surface area contributed by atoms with E-state index in [4.69, 9.17) is 5.73 Å². The summed E-state index contributed by atoms with van der Waals surface area (Å²) in [5.74, 6) is 0.839. The van der Waals surface area contributed by atoms with E-state index in [1.54, 1.807) is 12.1 Å². The zero-order valence-electron chi connectivity index (χ0n) is 13.2. The van der Waals surface area contributed by atoms with Crippen LogP contribution < -0.4 is 5.73 Å². The summed E-state index contributed by atoms with van der Waals surface area (Å²) in [5, 5.41) is 0. The first-order valence-electron chi connectivity index (χ1n) is 8.36. The van der Waals surface area contributed by atoms with Crippen LogP contribution in [0.25, 0.3) is 0 Å². The smallest absolute Gasteiger partial charge is 0.230 e. The maximum absolute atomic E-state index is 13.1. The van der Waals surface area contributed by atoms with Gasteiger partial charge in [0.05, 0.1) is 5.92 Å². The molecule has 2 atom stereocenters. The summed E-state index contributed by atoms with van der Waals surface area (Å²) in [6.07, 6.45) is 4.18. The number of amides is 1. The average molecular weight is 304 g/mol. The van der Waals surface area contributed by atoms with Crippen LogP contribution in [0.5, 0.6) is 0 Å². The molecule has 2 N–H and O–H groups in total. The first-order chi connectivity index (χ1) is 10.6. The highest BCUT2D eigenvalue weighted by Crippen LogP contribution is 2.44. The molecule has 1 heterocycles. The second-order valence-electron chi connectivity index (χ2n) is 6.89. The molecule has 2 aliphatic rings. The Morgan fingerprint density at radius 3 is 2.23 bits per heavy atom. The molecule has 1 saturated carbocycles. The lowest BCUT2D eigenvalue weighted by atomic mass is 9.88. The molecule has 1 aromatic rings. The maximum atomic E-state index is 13.1. The Labute approximate surface area is 131 Å². The number of nitrogens with zero attached hydrogens (tertiary/aromatic N) is 1. The summed E-state index contributed by atoms with van der Waals surface area (Å²) < 4.78 is 13.1. The van der Waals surface area contributed by atoms with E-state index in [-0.39, 0.29) is 23.7 Å². The molecule has 2 unspecified atom stereocenters. The van der Waals surface area contributed by atoms with Gasteiger partial charge in [0, 0.05) is 19.1 Å². The molecule has 1 saturated heterocycles.